The number of aromatic nitrogens is 2. The molecule has 2 aromatic heterocycles. The smallest absolute Gasteiger partial charge is 0.343 e. The molecule has 2 aliphatic carbocycles. The Morgan fingerprint density at radius 2 is 2.13 bits per heavy atom. The molecule has 0 spiro atoms. The highest BCUT2D eigenvalue weighted by Crippen LogP contribution is 2.58. The third-order valence-electron chi connectivity index (χ3n) is 7.80. The van der Waals surface area contributed by atoms with Gasteiger partial charge in [-0.2, -0.15) is 0 Å². The molecule has 0 saturated heterocycles. The van der Waals surface area contributed by atoms with Gasteiger partial charge in [0.2, 0.25) is 0 Å². The minimum absolute atomic E-state index is 0.112. The SMILES string of the molecule is CC[C@@]1(O)C(=O)OCc2c1cc1n(c2=O)Cc2c-1nc1ccc(N)c3c1c2C1CC1C3. The maximum Gasteiger partial charge on any atom is 0.343 e. The van der Waals surface area contributed by atoms with E-state index in [1.807, 2.05) is 12.1 Å². The van der Waals surface area contributed by atoms with Crippen molar-refractivity contribution in [2.24, 2.45) is 5.92 Å². The fourth-order valence-electron chi connectivity index (χ4n) is 6.01. The van der Waals surface area contributed by atoms with Gasteiger partial charge in [0.1, 0.15) is 6.61 Å². The Hall–Kier alpha value is -3.19. The van der Waals surface area contributed by atoms with Gasteiger partial charge >= 0.3 is 5.97 Å². The molecule has 7 heteroatoms. The molecule has 7 nitrogen and oxygen atoms in total. The molecule has 31 heavy (non-hydrogen) atoms. The maximum atomic E-state index is 13.4. The van der Waals surface area contributed by atoms with Crippen molar-refractivity contribution in [3.8, 4) is 11.4 Å². The zero-order valence-corrected chi connectivity index (χ0v) is 17.1. The number of pyridine rings is 2. The van der Waals surface area contributed by atoms with Crippen molar-refractivity contribution in [2.75, 3.05) is 5.73 Å². The molecule has 1 aromatic carbocycles. The lowest BCUT2D eigenvalue weighted by Gasteiger charge is -2.31. The summed E-state index contributed by atoms with van der Waals surface area (Å²) in [5, 5.41) is 12.2. The standard InChI is InChI=1S/C24H21N3O4/c1-2-24(30)15-7-18-21-13(8-27(18)22(28)14(15)9-31-23(24)29)19-11-5-10(11)6-12-16(25)3-4-17(26-21)20(12)19/h3-4,7,10-11,30H,2,5-6,8-9,25H2,1H3/t10?,11?,24-/m0/s1. The van der Waals surface area contributed by atoms with Gasteiger partial charge in [-0.1, -0.05) is 6.92 Å². The molecule has 4 heterocycles. The van der Waals surface area contributed by atoms with Crippen LogP contribution in [0.1, 0.15) is 53.5 Å². The summed E-state index contributed by atoms with van der Waals surface area (Å²) in [5.41, 5.74) is 11.7. The van der Waals surface area contributed by atoms with Gasteiger partial charge in [0, 0.05) is 22.2 Å². The maximum absolute atomic E-state index is 13.4. The van der Waals surface area contributed by atoms with Gasteiger partial charge in [0.05, 0.1) is 29.0 Å². The van der Waals surface area contributed by atoms with Gasteiger partial charge in [-0.15, -0.1) is 0 Å². The number of esters is 1. The van der Waals surface area contributed by atoms with E-state index in [-0.39, 0.29) is 18.6 Å². The third kappa shape index (κ3) is 1.96. The van der Waals surface area contributed by atoms with E-state index in [9.17, 15) is 14.7 Å². The van der Waals surface area contributed by atoms with Crippen LogP contribution in [0.25, 0.3) is 22.3 Å². The van der Waals surface area contributed by atoms with Crippen molar-refractivity contribution in [1.82, 2.24) is 9.55 Å². The Balaban J connectivity index is 1.55. The molecule has 3 aromatic rings. The molecule has 0 bridgehead atoms. The van der Waals surface area contributed by atoms with Gasteiger partial charge in [-0.05, 0) is 60.4 Å². The van der Waals surface area contributed by atoms with Crippen LogP contribution in [0.2, 0.25) is 0 Å². The second-order valence-electron chi connectivity index (χ2n) is 9.29. The van der Waals surface area contributed by atoms with Crippen molar-refractivity contribution < 1.29 is 14.6 Å². The van der Waals surface area contributed by atoms with E-state index in [4.69, 9.17) is 15.5 Å². The number of hydrogen-bond donors (Lipinski definition) is 2. The van der Waals surface area contributed by atoms with E-state index < -0.39 is 11.6 Å². The summed E-state index contributed by atoms with van der Waals surface area (Å²) in [6, 6.07) is 5.66. The summed E-state index contributed by atoms with van der Waals surface area (Å²) >= 11 is 0. The largest absolute Gasteiger partial charge is 0.458 e. The van der Waals surface area contributed by atoms with E-state index in [2.05, 4.69) is 0 Å². The highest BCUT2D eigenvalue weighted by molar-refractivity contribution is 5.95. The van der Waals surface area contributed by atoms with E-state index in [0.717, 1.165) is 40.7 Å². The molecule has 4 aliphatic rings. The Kier molecular flexibility index (Phi) is 3.01. The topological polar surface area (TPSA) is 107 Å². The lowest BCUT2D eigenvalue weighted by molar-refractivity contribution is -0.172. The average molecular weight is 415 g/mol. The molecule has 3 N–H and O–H groups in total. The van der Waals surface area contributed by atoms with Gasteiger partial charge in [-0.3, -0.25) is 4.79 Å². The first-order chi connectivity index (χ1) is 14.9. The van der Waals surface area contributed by atoms with Crippen LogP contribution in [-0.2, 0) is 34.7 Å². The molecule has 1 saturated carbocycles. The van der Waals surface area contributed by atoms with Gasteiger partial charge in [0.15, 0.2) is 5.60 Å². The minimum Gasteiger partial charge on any atom is -0.458 e. The van der Waals surface area contributed by atoms with Crippen LogP contribution in [0.5, 0.6) is 0 Å². The average Bonchev–Trinajstić information content (AvgIpc) is 3.46. The molecule has 156 valence electrons. The van der Waals surface area contributed by atoms with Crippen molar-refractivity contribution in [2.45, 2.75) is 50.9 Å². The van der Waals surface area contributed by atoms with Crippen LogP contribution in [-0.4, -0.2) is 20.6 Å². The van der Waals surface area contributed by atoms with E-state index in [1.54, 1.807) is 17.6 Å². The van der Waals surface area contributed by atoms with E-state index >= 15 is 0 Å². The molecular formula is C24H21N3O4. The van der Waals surface area contributed by atoms with Crippen molar-refractivity contribution in [1.29, 1.82) is 0 Å². The summed E-state index contributed by atoms with van der Waals surface area (Å²) in [7, 11) is 0. The van der Waals surface area contributed by atoms with Crippen LogP contribution in [0.15, 0.2) is 23.0 Å². The quantitative estimate of drug-likeness (QED) is 0.365. The number of nitrogens with two attached hydrogens (primary N) is 1. The molecule has 2 aliphatic heterocycles. The zero-order chi connectivity index (χ0) is 21.2. The Bertz CT molecular complexity index is 1440. The van der Waals surface area contributed by atoms with Crippen LogP contribution < -0.4 is 11.3 Å². The van der Waals surface area contributed by atoms with Gasteiger partial charge in [-0.25, -0.2) is 9.78 Å². The van der Waals surface area contributed by atoms with Crippen LogP contribution >= 0.6 is 0 Å². The van der Waals surface area contributed by atoms with Crippen molar-refractivity contribution >= 4 is 22.6 Å². The summed E-state index contributed by atoms with van der Waals surface area (Å²) in [4.78, 5) is 30.7. The first-order valence-electron chi connectivity index (χ1n) is 10.8. The number of carbonyl (C=O) groups excluding carboxylic acids is 1. The number of cyclic esters (lactones) is 1. The van der Waals surface area contributed by atoms with E-state index in [1.165, 1.54) is 11.1 Å². The Morgan fingerprint density at radius 3 is 2.94 bits per heavy atom. The monoisotopic (exact) mass is 415 g/mol. The molecule has 0 radical (unpaired) electrons. The number of nitrogen functional groups attached to an aromatic ring is 1. The van der Waals surface area contributed by atoms with Crippen molar-refractivity contribution in [3.63, 3.8) is 0 Å². The molecule has 1 fully saturated rings. The predicted molar refractivity (Wildman–Crippen MR) is 113 cm³/mol. The highest BCUT2D eigenvalue weighted by Gasteiger charge is 2.48. The van der Waals surface area contributed by atoms with Gasteiger partial charge in [0.25, 0.3) is 5.56 Å². The number of hydrogen-bond acceptors (Lipinski definition) is 6. The fourth-order valence-corrected chi connectivity index (χ4v) is 6.01. The molecule has 0 amide bonds. The summed E-state index contributed by atoms with van der Waals surface area (Å²) in [6.07, 6.45) is 2.27. The van der Waals surface area contributed by atoms with Crippen LogP contribution in [0, 0.1) is 5.92 Å². The summed E-state index contributed by atoms with van der Waals surface area (Å²) < 4.78 is 6.88. The second kappa shape index (κ2) is 5.34. The number of nitrogens with zero attached hydrogens (tertiary/aromatic N) is 2. The second-order valence-corrected chi connectivity index (χ2v) is 9.29. The third-order valence-corrected chi connectivity index (χ3v) is 7.80. The highest BCUT2D eigenvalue weighted by atomic mass is 16.6. The zero-order valence-electron chi connectivity index (χ0n) is 17.1. The molecular weight excluding hydrogens is 394 g/mol. The number of fused-ring (bicyclic) bond motifs is 7. The van der Waals surface area contributed by atoms with Crippen LogP contribution in [0.4, 0.5) is 5.69 Å². The van der Waals surface area contributed by atoms with Gasteiger partial charge < -0.3 is 20.1 Å². The first-order valence-corrected chi connectivity index (χ1v) is 10.8. The number of ether oxygens (including phenoxy) is 1. The number of rotatable bonds is 1. The fraction of sp³-hybridized carbons (Fsp3) is 0.375. The Labute approximate surface area is 177 Å². The molecule has 2 unspecified atom stereocenters. The van der Waals surface area contributed by atoms with Crippen molar-refractivity contribution in [3.05, 3.63) is 56.4 Å². The summed E-state index contributed by atoms with van der Waals surface area (Å²) in [6.45, 7) is 2.05. The number of carbonyl (C=O) groups is 1. The molecule has 7 rings (SSSR count). The molecule has 3 atom stereocenters. The normalized spacial score (nSPS) is 26.7. The number of benzene rings is 1. The van der Waals surface area contributed by atoms with E-state index in [0.29, 0.717) is 35.2 Å². The Morgan fingerprint density at radius 1 is 1.29 bits per heavy atom. The lowest BCUT2D eigenvalue weighted by atomic mass is 9.85. The summed E-state index contributed by atoms with van der Waals surface area (Å²) in [5.74, 6) is 0.398. The minimum atomic E-state index is -1.81. The predicted octanol–water partition coefficient (Wildman–Crippen LogP) is 2.32. The number of aliphatic hydroxyl groups is 1. The number of anilines is 1. The van der Waals surface area contributed by atoms with Crippen LogP contribution in [0.3, 0.4) is 0 Å². The first kappa shape index (κ1) is 17.5. The lowest BCUT2D eigenvalue weighted by Crippen LogP contribution is -2.44.